The molecule has 0 fully saturated rings. The molecule has 0 heterocycles. The van der Waals surface area contributed by atoms with Gasteiger partial charge in [-0.25, -0.2) is 0 Å². The molecule has 0 unspecified atom stereocenters. The summed E-state index contributed by atoms with van der Waals surface area (Å²) in [6, 6.07) is 3.97. The predicted octanol–water partition coefficient (Wildman–Crippen LogP) is 3.33. The lowest BCUT2D eigenvalue weighted by atomic mass is 10.3. The van der Waals surface area contributed by atoms with Crippen LogP contribution in [0.25, 0.3) is 0 Å². The minimum absolute atomic E-state index is 0.0190. The Hall–Kier alpha value is -1.15. The lowest BCUT2D eigenvalue weighted by molar-refractivity contribution is 0.460. The van der Waals surface area contributed by atoms with Gasteiger partial charge in [0.15, 0.2) is 0 Å². The van der Waals surface area contributed by atoms with E-state index in [-0.39, 0.29) is 16.5 Å². The first-order valence-electron chi connectivity index (χ1n) is 3.86. The highest BCUT2D eigenvalue weighted by Crippen LogP contribution is 2.26. The monoisotopic (exact) mass is 200 g/mol. The van der Waals surface area contributed by atoms with Crippen LogP contribution in [0, 0.1) is 0 Å². The number of phenolic OH excluding ortho intramolecular Hbond substituents is 2. The van der Waals surface area contributed by atoms with E-state index in [2.05, 4.69) is 0 Å². The van der Waals surface area contributed by atoms with Crippen molar-refractivity contribution in [2.75, 3.05) is 0 Å². The Morgan fingerprint density at radius 2 is 1.69 bits per heavy atom. The average molecular weight is 201 g/mol. The fourth-order valence-electron chi connectivity index (χ4n) is 0.496. The van der Waals surface area contributed by atoms with Crippen molar-refractivity contribution < 1.29 is 10.2 Å². The Labute approximate surface area is 83.1 Å². The van der Waals surface area contributed by atoms with Crippen molar-refractivity contribution in [1.29, 1.82) is 0 Å². The van der Waals surface area contributed by atoms with Crippen LogP contribution in [0.5, 0.6) is 11.5 Å². The predicted molar refractivity (Wildman–Crippen MR) is 55.3 cm³/mol. The Balaban J connectivity index is 0.000000310. The first-order valence-corrected chi connectivity index (χ1v) is 4.24. The molecule has 72 valence electrons. The van der Waals surface area contributed by atoms with Crippen molar-refractivity contribution in [3.63, 3.8) is 0 Å². The molecule has 0 saturated heterocycles. The van der Waals surface area contributed by atoms with E-state index in [9.17, 15) is 0 Å². The molecule has 1 aromatic carbocycles. The smallest absolute Gasteiger partial charge is 0.134 e. The first-order chi connectivity index (χ1) is 6.11. The number of benzene rings is 1. The normalized spacial score (nSPS) is 9.46. The molecule has 2 nitrogen and oxygen atoms in total. The van der Waals surface area contributed by atoms with Crippen molar-refractivity contribution in [2.24, 2.45) is 0 Å². The van der Waals surface area contributed by atoms with Gasteiger partial charge in [0.1, 0.15) is 11.5 Å². The van der Waals surface area contributed by atoms with E-state index < -0.39 is 0 Å². The van der Waals surface area contributed by atoms with Crippen LogP contribution in [0.1, 0.15) is 13.8 Å². The molecule has 1 aromatic rings. The van der Waals surface area contributed by atoms with Gasteiger partial charge in [0, 0.05) is 6.07 Å². The SMILES string of the molecule is CC=CC.Oc1ccc(O)c(Cl)c1. The molecule has 0 spiro atoms. The van der Waals surface area contributed by atoms with Gasteiger partial charge in [-0.1, -0.05) is 23.8 Å². The van der Waals surface area contributed by atoms with E-state index in [0.29, 0.717) is 0 Å². The van der Waals surface area contributed by atoms with Gasteiger partial charge < -0.3 is 10.2 Å². The summed E-state index contributed by atoms with van der Waals surface area (Å²) in [6.45, 7) is 4.00. The van der Waals surface area contributed by atoms with E-state index in [1.165, 1.54) is 18.2 Å². The summed E-state index contributed by atoms with van der Waals surface area (Å²) in [5, 5.41) is 17.7. The zero-order chi connectivity index (χ0) is 10.3. The van der Waals surface area contributed by atoms with Crippen LogP contribution in [0.3, 0.4) is 0 Å². The second kappa shape index (κ2) is 6.38. The highest BCUT2D eigenvalue weighted by atomic mass is 35.5. The zero-order valence-corrected chi connectivity index (χ0v) is 8.42. The van der Waals surface area contributed by atoms with Crippen LogP contribution in [-0.4, -0.2) is 10.2 Å². The van der Waals surface area contributed by atoms with Crippen LogP contribution in [0.2, 0.25) is 5.02 Å². The van der Waals surface area contributed by atoms with Crippen LogP contribution in [0.15, 0.2) is 30.4 Å². The topological polar surface area (TPSA) is 40.5 Å². The van der Waals surface area contributed by atoms with Crippen LogP contribution in [0.4, 0.5) is 0 Å². The summed E-state index contributed by atoms with van der Waals surface area (Å²) < 4.78 is 0. The maximum Gasteiger partial charge on any atom is 0.134 e. The standard InChI is InChI=1S/C6H5ClO2.C4H8/c7-5-3-4(8)1-2-6(5)9;1-3-4-2/h1-3,8-9H;3-4H,1-2H3. The van der Waals surface area contributed by atoms with Crippen LogP contribution >= 0.6 is 11.6 Å². The fraction of sp³-hybridized carbons (Fsp3) is 0.200. The minimum Gasteiger partial charge on any atom is -0.508 e. The molecule has 0 aliphatic heterocycles. The Morgan fingerprint density at radius 3 is 2.00 bits per heavy atom. The Bertz CT molecular complexity index is 278. The van der Waals surface area contributed by atoms with Gasteiger partial charge in [0.05, 0.1) is 5.02 Å². The molecule has 0 atom stereocenters. The number of aromatic hydroxyl groups is 2. The summed E-state index contributed by atoms with van der Waals surface area (Å²) in [5.41, 5.74) is 0. The third kappa shape index (κ3) is 5.15. The summed E-state index contributed by atoms with van der Waals surface area (Å²) in [7, 11) is 0. The molecule has 0 bridgehead atoms. The van der Waals surface area contributed by atoms with Crippen molar-refractivity contribution in [3.05, 3.63) is 35.4 Å². The third-order valence-electron chi connectivity index (χ3n) is 1.26. The maximum atomic E-state index is 8.80. The van der Waals surface area contributed by atoms with E-state index in [1.54, 1.807) is 0 Å². The van der Waals surface area contributed by atoms with Gasteiger partial charge in [-0.3, -0.25) is 0 Å². The first kappa shape index (κ1) is 11.8. The van der Waals surface area contributed by atoms with Crippen molar-refractivity contribution in [3.8, 4) is 11.5 Å². The van der Waals surface area contributed by atoms with Crippen molar-refractivity contribution in [2.45, 2.75) is 13.8 Å². The molecular weight excluding hydrogens is 188 g/mol. The molecule has 0 amide bonds. The average Bonchev–Trinajstić information content (AvgIpc) is 2.12. The van der Waals surface area contributed by atoms with Gasteiger partial charge >= 0.3 is 0 Å². The van der Waals surface area contributed by atoms with Crippen molar-refractivity contribution in [1.82, 2.24) is 0 Å². The highest BCUT2D eigenvalue weighted by molar-refractivity contribution is 6.32. The number of phenols is 2. The van der Waals surface area contributed by atoms with E-state index >= 15 is 0 Å². The maximum absolute atomic E-state index is 8.80. The van der Waals surface area contributed by atoms with Gasteiger partial charge in [-0.05, 0) is 26.0 Å². The molecule has 1 rings (SSSR count). The Morgan fingerprint density at radius 1 is 1.15 bits per heavy atom. The number of rotatable bonds is 0. The van der Waals surface area contributed by atoms with Gasteiger partial charge in [-0.2, -0.15) is 0 Å². The van der Waals surface area contributed by atoms with Crippen LogP contribution in [-0.2, 0) is 0 Å². The molecule has 0 aromatic heterocycles. The molecule has 0 radical (unpaired) electrons. The fourth-order valence-corrected chi connectivity index (χ4v) is 0.671. The molecule has 0 saturated carbocycles. The zero-order valence-electron chi connectivity index (χ0n) is 7.66. The van der Waals surface area contributed by atoms with Gasteiger partial charge in [0.2, 0.25) is 0 Å². The summed E-state index contributed by atoms with van der Waals surface area (Å²) in [4.78, 5) is 0. The molecule has 0 aliphatic carbocycles. The van der Waals surface area contributed by atoms with Gasteiger partial charge in [-0.15, -0.1) is 0 Å². The van der Waals surface area contributed by atoms with Gasteiger partial charge in [0.25, 0.3) is 0 Å². The summed E-state index contributed by atoms with van der Waals surface area (Å²) in [5.74, 6) is 0.0345. The molecule has 13 heavy (non-hydrogen) atoms. The van der Waals surface area contributed by atoms with E-state index in [1.807, 2.05) is 26.0 Å². The number of hydrogen-bond donors (Lipinski definition) is 2. The summed E-state index contributed by atoms with van der Waals surface area (Å²) in [6.07, 6.45) is 4.00. The second-order valence-corrected chi connectivity index (χ2v) is 2.71. The minimum atomic E-state index is -0.0190. The lowest BCUT2D eigenvalue weighted by Crippen LogP contribution is -1.66. The Kier molecular flexibility index (Phi) is 5.81. The number of hydrogen-bond acceptors (Lipinski definition) is 2. The summed E-state index contributed by atoms with van der Waals surface area (Å²) >= 11 is 5.40. The quantitative estimate of drug-likeness (QED) is 0.498. The van der Waals surface area contributed by atoms with Crippen LogP contribution < -0.4 is 0 Å². The molecule has 3 heteroatoms. The number of allylic oxidation sites excluding steroid dienone is 2. The molecule has 2 N–H and O–H groups in total. The van der Waals surface area contributed by atoms with E-state index in [4.69, 9.17) is 21.8 Å². The highest BCUT2D eigenvalue weighted by Gasteiger charge is 1.95. The largest absolute Gasteiger partial charge is 0.508 e. The molecular formula is C10H13ClO2. The lowest BCUT2D eigenvalue weighted by Gasteiger charge is -1.94. The third-order valence-corrected chi connectivity index (χ3v) is 1.57. The number of halogens is 1. The van der Waals surface area contributed by atoms with Crippen molar-refractivity contribution >= 4 is 11.6 Å². The van der Waals surface area contributed by atoms with E-state index in [0.717, 1.165) is 0 Å². The second-order valence-electron chi connectivity index (χ2n) is 2.30. The molecule has 0 aliphatic rings.